The zero-order chi connectivity index (χ0) is 11.5. The number of nitrogens with one attached hydrogen (secondary N) is 1. The van der Waals surface area contributed by atoms with Crippen LogP contribution in [0.4, 0.5) is 0 Å². The SMILES string of the molecule is CCSCCN1C(=O)CNC(=O)C1C1CC1. The van der Waals surface area contributed by atoms with Crippen LogP contribution in [0.5, 0.6) is 0 Å². The van der Waals surface area contributed by atoms with Crippen molar-refractivity contribution in [2.24, 2.45) is 5.92 Å². The molecule has 0 bridgehead atoms. The molecule has 2 rings (SSSR count). The zero-order valence-electron chi connectivity index (χ0n) is 9.57. The highest BCUT2D eigenvalue weighted by molar-refractivity contribution is 7.99. The number of hydrogen-bond donors (Lipinski definition) is 1. The lowest BCUT2D eigenvalue weighted by Gasteiger charge is -2.35. The molecule has 2 fully saturated rings. The Kier molecular flexibility index (Phi) is 3.74. The third-order valence-corrected chi connectivity index (χ3v) is 3.97. The molecule has 16 heavy (non-hydrogen) atoms. The van der Waals surface area contributed by atoms with E-state index in [0.717, 1.165) is 24.3 Å². The Morgan fingerprint density at radius 3 is 2.81 bits per heavy atom. The Labute approximate surface area is 100 Å². The largest absolute Gasteiger partial charge is 0.345 e. The van der Waals surface area contributed by atoms with E-state index >= 15 is 0 Å². The number of hydrogen-bond acceptors (Lipinski definition) is 3. The third-order valence-electron chi connectivity index (χ3n) is 3.09. The predicted octanol–water partition coefficient (Wildman–Crippen LogP) is 0.476. The molecule has 1 heterocycles. The van der Waals surface area contributed by atoms with Gasteiger partial charge in [-0.15, -0.1) is 0 Å². The van der Waals surface area contributed by atoms with Gasteiger partial charge in [0.2, 0.25) is 11.8 Å². The van der Waals surface area contributed by atoms with Gasteiger partial charge in [-0.1, -0.05) is 6.92 Å². The number of amides is 2. The van der Waals surface area contributed by atoms with Crippen LogP contribution in [0.25, 0.3) is 0 Å². The summed E-state index contributed by atoms with van der Waals surface area (Å²) in [5.74, 6) is 2.52. The molecule has 0 aromatic heterocycles. The van der Waals surface area contributed by atoms with Crippen molar-refractivity contribution in [3.05, 3.63) is 0 Å². The fourth-order valence-corrected chi connectivity index (χ4v) is 2.73. The Hall–Kier alpha value is -0.710. The van der Waals surface area contributed by atoms with Gasteiger partial charge >= 0.3 is 0 Å². The van der Waals surface area contributed by atoms with Gasteiger partial charge in [0.1, 0.15) is 6.04 Å². The first-order valence-corrected chi connectivity index (χ1v) is 7.04. The predicted molar refractivity (Wildman–Crippen MR) is 64.2 cm³/mol. The number of piperazine rings is 1. The second kappa shape index (κ2) is 5.08. The van der Waals surface area contributed by atoms with Crippen LogP contribution in [0, 0.1) is 5.92 Å². The van der Waals surface area contributed by atoms with E-state index in [9.17, 15) is 9.59 Å². The first-order chi connectivity index (χ1) is 7.74. The van der Waals surface area contributed by atoms with Crippen LogP contribution in [0.3, 0.4) is 0 Å². The lowest BCUT2D eigenvalue weighted by atomic mass is 10.1. The summed E-state index contributed by atoms with van der Waals surface area (Å²) < 4.78 is 0. The quantitative estimate of drug-likeness (QED) is 0.713. The standard InChI is InChI=1S/C11H18N2O2S/c1-2-16-6-5-13-9(14)7-12-11(15)10(13)8-3-4-8/h8,10H,2-7H2,1H3,(H,12,15). The van der Waals surface area contributed by atoms with Crippen molar-refractivity contribution >= 4 is 23.6 Å². The summed E-state index contributed by atoms with van der Waals surface area (Å²) in [6.45, 7) is 3.00. The summed E-state index contributed by atoms with van der Waals surface area (Å²) >= 11 is 1.81. The minimum atomic E-state index is -0.182. The van der Waals surface area contributed by atoms with Crippen molar-refractivity contribution in [1.82, 2.24) is 10.2 Å². The molecule has 1 saturated carbocycles. The van der Waals surface area contributed by atoms with Crippen molar-refractivity contribution < 1.29 is 9.59 Å². The van der Waals surface area contributed by atoms with Crippen LogP contribution in [0.15, 0.2) is 0 Å². The third kappa shape index (κ3) is 2.51. The van der Waals surface area contributed by atoms with Gasteiger partial charge in [-0.05, 0) is 24.5 Å². The van der Waals surface area contributed by atoms with Crippen molar-refractivity contribution in [3.63, 3.8) is 0 Å². The first kappa shape index (κ1) is 11.8. The van der Waals surface area contributed by atoms with Crippen LogP contribution in [0.1, 0.15) is 19.8 Å². The molecule has 90 valence electrons. The normalized spacial score (nSPS) is 25.8. The molecular weight excluding hydrogens is 224 g/mol. The molecule has 1 aliphatic carbocycles. The summed E-state index contributed by atoms with van der Waals surface area (Å²) in [6.07, 6.45) is 2.17. The van der Waals surface area contributed by atoms with E-state index in [4.69, 9.17) is 0 Å². The van der Waals surface area contributed by atoms with Gasteiger partial charge in [-0.25, -0.2) is 0 Å². The Balaban J connectivity index is 1.97. The second-order valence-electron chi connectivity index (χ2n) is 4.28. The molecule has 1 atom stereocenters. The highest BCUT2D eigenvalue weighted by atomic mass is 32.2. The minimum Gasteiger partial charge on any atom is -0.345 e. The monoisotopic (exact) mass is 242 g/mol. The number of carbonyl (C=O) groups excluding carboxylic acids is 2. The van der Waals surface area contributed by atoms with Gasteiger partial charge < -0.3 is 10.2 Å². The lowest BCUT2D eigenvalue weighted by Crippen LogP contribution is -2.59. The van der Waals surface area contributed by atoms with Crippen LogP contribution in [0.2, 0.25) is 0 Å². The molecule has 1 saturated heterocycles. The molecule has 4 nitrogen and oxygen atoms in total. The molecular formula is C11H18N2O2S. The average Bonchev–Trinajstić information content (AvgIpc) is 3.07. The van der Waals surface area contributed by atoms with Crippen LogP contribution in [-0.2, 0) is 9.59 Å². The maximum Gasteiger partial charge on any atom is 0.243 e. The van der Waals surface area contributed by atoms with E-state index in [1.165, 1.54) is 0 Å². The van der Waals surface area contributed by atoms with E-state index in [2.05, 4.69) is 12.2 Å². The molecule has 1 aliphatic heterocycles. The highest BCUT2D eigenvalue weighted by Gasteiger charge is 2.44. The highest BCUT2D eigenvalue weighted by Crippen LogP contribution is 2.36. The van der Waals surface area contributed by atoms with Gasteiger partial charge in [-0.3, -0.25) is 9.59 Å². The molecule has 2 amide bonds. The maximum atomic E-state index is 11.8. The van der Waals surface area contributed by atoms with E-state index in [1.54, 1.807) is 4.90 Å². The van der Waals surface area contributed by atoms with Crippen molar-refractivity contribution in [2.45, 2.75) is 25.8 Å². The number of rotatable bonds is 5. The van der Waals surface area contributed by atoms with Crippen molar-refractivity contribution in [1.29, 1.82) is 0 Å². The summed E-state index contributed by atoms with van der Waals surface area (Å²) in [5.41, 5.74) is 0. The Morgan fingerprint density at radius 1 is 1.44 bits per heavy atom. The molecule has 0 aromatic carbocycles. The van der Waals surface area contributed by atoms with Gasteiger partial charge in [0.15, 0.2) is 0 Å². The molecule has 1 N–H and O–H groups in total. The number of nitrogens with zero attached hydrogens (tertiary/aromatic N) is 1. The van der Waals surface area contributed by atoms with Gasteiger partial charge in [0.05, 0.1) is 6.54 Å². The average molecular weight is 242 g/mol. The molecule has 5 heteroatoms. The Morgan fingerprint density at radius 2 is 2.19 bits per heavy atom. The van der Waals surface area contributed by atoms with Crippen molar-refractivity contribution in [2.75, 3.05) is 24.6 Å². The molecule has 2 aliphatic rings. The Bertz CT molecular complexity index is 292. The van der Waals surface area contributed by atoms with Crippen LogP contribution < -0.4 is 5.32 Å². The van der Waals surface area contributed by atoms with E-state index in [1.807, 2.05) is 11.8 Å². The summed E-state index contributed by atoms with van der Waals surface area (Å²) in [5, 5.41) is 2.69. The second-order valence-corrected chi connectivity index (χ2v) is 5.68. The smallest absolute Gasteiger partial charge is 0.243 e. The van der Waals surface area contributed by atoms with E-state index < -0.39 is 0 Å². The number of thioether (sulfide) groups is 1. The molecule has 0 spiro atoms. The molecule has 0 aromatic rings. The van der Waals surface area contributed by atoms with E-state index in [0.29, 0.717) is 12.5 Å². The van der Waals surface area contributed by atoms with Gasteiger partial charge in [0.25, 0.3) is 0 Å². The van der Waals surface area contributed by atoms with Crippen LogP contribution >= 0.6 is 11.8 Å². The molecule has 0 radical (unpaired) electrons. The summed E-state index contributed by atoms with van der Waals surface area (Å²) in [7, 11) is 0. The van der Waals surface area contributed by atoms with Crippen LogP contribution in [-0.4, -0.2) is 47.4 Å². The molecule has 1 unspecified atom stereocenters. The lowest BCUT2D eigenvalue weighted by molar-refractivity contribution is -0.146. The summed E-state index contributed by atoms with van der Waals surface area (Å²) in [4.78, 5) is 25.3. The van der Waals surface area contributed by atoms with Gasteiger partial charge in [0, 0.05) is 12.3 Å². The zero-order valence-corrected chi connectivity index (χ0v) is 10.4. The fraction of sp³-hybridized carbons (Fsp3) is 0.818. The minimum absolute atomic E-state index is 0.0450. The van der Waals surface area contributed by atoms with Crippen molar-refractivity contribution in [3.8, 4) is 0 Å². The topological polar surface area (TPSA) is 49.4 Å². The van der Waals surface area contributed by atoms with Gasteiger partial charge in [-0.2, -0.15) is 11.8 Å². The van der Waals surface area contributed by atoms with E-state index in [-0.39, 0.29) is 24.4 Å². The summed E-state index contributed by atoms with van der Waals surface area (Å²) in [6, 6.07) is -0.182. The number of carbonyl (C=O) groups is 2. The maximum absolute atomic E-state index is 11.8. The first-order valence-electron chi connectivity index (χ1n) is 5.89. The fourth-order valence-electron chi connectivity index (χ4n) is 2.12.